The minimum atomic E-state index is -0.468. The molecule has 112 valence electrons. The molecule has 0 fully saturated rings. The van der Waals surface area contributed by atoms with Gasteiger partial charge in [0, 0.05) is 16.6 Å². The number of rotatable bonds is 3. The first-order valence-electron chi connectivity index (χ1n) is 6.77. The van der Waals surface area contributed by atoms with E-state index >= 15 is 0 Å². The van der Waals surface area contributed by atoms with Gasteiger partial charge in [-0.25, -0.2) is 4.79 Å². The summed E-state index contributed by atoms with van der Waals surface area (Å²) in [4.78, 5) is 27.3. The Morgan fingerprint density at radius 3 is 2.52 bits per heavy atom. The second-order valence-corrected chi connectivity index (χ2v) is 6.19. The minimum absolute atomic E-state index is 0.00695. The number of carbonyl (C=O) groups is 2. The first-order chi connectivity index (χ1) is 9.88. The van der Waals surface area contributed by atoms with E-state index in [0.29, 0.717) is 16.8 Å². The fourth-order valence-corrected chi connectivity index (χ4v) is 3.34. The Hall–Kier alpha value is -1.88. The standard InChI is InChI=1S/C16H19NO3S/c1-9(2)17-11(4)14(16(19)20-5)12(15(17)18)8-13-10(3)6-7-21-13/h6-9H,1-5H3/b12-8-. The van der Waals surface area contributed by atoms with Crippen LogP contribution in [0.25, 0.3) is 6.08 Å². The number of esters is 1. The van der Waals surface area contributed by atoms with Crippen molar-refractivity contribution >= 4 is 29.3 Å². The number of ether oxygens (including phenoxy) is 1. The molecule has 0 N–H and O–H groups in total. The SMILES string of the molecule is COC(=O)C1=C(C)N(C(C)C)C(=O)/C1=C\c1sccc1C. The number of hydrogen-bond donors (Lipinski definition) is 0. The molecule has 2 rings (SSSR count). The Bertz CT molecular complexity index is 652. The zero-order valence-corrected chi connectivity index (χ0v) is 13.7. The molecular formula is C16H19NO3S. The summed E-state index contributed by atoms with van der Waals surface area (Å²) >= 11 is 1.55. The highest BCUT2D eigenvalue weighted by atomic mass is 32.1. The van der Waals surface area contributed by atoms with Gasteiger partial charge in [0.1, 0.15) is 0 Å². The summed E-state index contributed by atoms with van der Waals surface area (Å²) < 4.78 is 4.85. The van der Waals surface area contributed by atoms with Gasteiger partial charge in [-0.2, -0.15) is 0 Å². The minimum Gasteiger partial charge on any atom is -0.465 e. The van der Waals surface area contributed by atoms with Crippen LogP contribution in [-0.4, -0.2) is 29.9 Å². The monoisotopic (exact) mass is 305 g/mol. The number of hydrogen-bond acceptors (Lipinski definition) is 4. The van der Waals surface area contributed by atoms with Gasteiger partial charge in [-0.3, -0.25) is 4.79 Å². The second-order valence-electron chi connectivity index (χ2n) is 5.25. The third-order valence-corrected chi connectivity index (χ3v) is 4.49. The average Bonchev–Trinajstić information content (AvgIpc) is 2.92. The summed E-state index contributed by atoms with van der Waals surface area (Å²) in [6, 6.07) is 1.98. The Balaban J connectivity index is 2.58. The van der Waals surface area contributed by atoms with Gasteiger partial charge in [-0.05, 0) is 50.8 Å². The Morgan fingerprint density at radius 1 is 1.38 bits per heavy atom. The van der Waals surface area contributed by atoms with Crippen LogP contribution in [0.4, 0.5) is 0 Å². The lowest BCUT2D eigenvalue weighted by atomic mass is 10.1. The zero-order valence-electron chi connectivity index (χ0n) is 12.9. The van der Waals surface area contributed by atoms with Gasteiger partial charge in [0.25, 0.3) is 5.91 Å². The largest absolute Gasteiger partial charge is 0.465 e. The molecule has 0 bridgehead atoms. The maximum Gasteiger partial charge on any atom is 0.340 e. The third kappa shape index (κ3) is 2.65. The van der Waals surface area contributed by atoms with E-state index in [0.717, 1.165) is 10.4 Å². The fourth-order valence-electron chi connectivity index (χ4n) is 2.48. The van der Waals surface area contributed by atoms with Gasteiger partial charge in [-0.1, -0.05) is 0 Å². The van der Waals surface area contributed by atoms with Crippen molar-refractivity contribution in [2.45, 2.75) is 33.7 Å². The molecule has 1 aromatic heterocycles. The summed E-state index contributed by atoms with van der Waals surface area (Å²) in [5.74, 6) is -0.611. The number of aryl methyl sites for hydroxylation is 1. The molecule has 0 aromatic carbocycles. The van der Waals surface area contributed by atoms with Crippen molar-refractivity contribution in [2.24, 2.45) is 0 Å². The molecular weight excluding hydrogens is 286 g/mol. The molecule has 0 unspecified atom stereocenters. The molecule has 0 aliphatic carbocycles. The number of methoxy groups -OCH3 is 1. The topological polar surface area (TPSA) is 46.6 Å². The van der Waals surface area contributed by atoms with E-state index in [1.54, 1.807) is 29.2 Å². The van der Waals surface area contributed by atoms with Gasteiger partial charge in [0.05, 0.1) is 18.3 Å². The third-order valence-electron chi connectivity index (χ3n) is 3.52. The normalized spacial score (nSPS) is 17.3. The number of carbonyl (C=O) groups excluding carboxylic acids is 2. The summed E-state index contributed by atoms with van der Waals surface area (Å²) in [7, 11) is 1.33. The van der Waals surface area contributed by atoms with Crippen molar-refractivity contribution in [1.82, 2.24) is 4.90 Å². The maximum absolute atomic E-state index is 12.6. The molecule has 1 aromatic rings. The molecule has 0 saturated heterocycles. The molecule has 1 amide bonds. The van der Waals surface area contributed by atoms with E-state index in [9.17, 15) is 9.59 Å². The highest BCUT2D eigenvalue weighted by molar-refractivity contribution is 7.11. The summed E-state index contributed by atoms with van der Waals surface area (Å²) in [6.07, 6.45) is 1.79. The Labute approximate surface area is 128 Å². The first kappa shape index (κ1) is 15.5. The van der Waals surface area contributed by atoms with Crippen LogP contribution in [0.2, 0.25) is 0 Å². The van der Waals surface area contributed by atoms with E-state index in [-0.39, 0.29) is 11.9 Å². The Morgan fingerprint density at radius 2 is 2.05 bits per heavy atom. The van der Waals surface area contributed by atoms with Crippen LogP contribution in [0.15, 0.2) is 28.3 Å². The number of amides is 1. The van der Waals surface area contributed by atoms with Gasteiger partial charge in [-0.15, -0.1) is 11.3 Å². The van der Waals surface area contributed by atoms with Crippen molar-refractivity contribution in [1.29, 1.82) is 0 Å². The molecule has 0 saturated carbocycles. The summed E-state index contributed by atoms with van der Waals surface area (Å²) in [5.41, 5.74) is 2.52. The molecule has 1 aliphatic heterocycles. The number of thiophene rings is 1. The van der Waals surface area contributed by atoms with Crippen LogP contribution >= 0.6 is 11.3 Å². The van der Waals surface area contributed by atoms with Gasteiger partial charge in [0.2, 0.25) is 0 Å². The van der Waals surface area contributed by atoms with Crippen LogP contribution < -0.4 is 0 Å². The van der Waals surface area contributed by atoms with Gasteiger partial charge >= 0.3 is 5.97 Å². The van der Waals surface area contributed by atoms with E-state index in [1.807, 2.05) is 32.2 Å². The van der Waals surface area contributed by atoms with Gasteiger partial charge < -0.3 is 9.64 Å². The lowest BCUT2D eigenvalue weighted by molar-refractivity contribution is -0.136. The maximum atomic E-state index is 12.6. The van der Waals surface area contributed by atoms with Gasteiger partial charge in [0.15, 0.2) is 0 Å². The van der Waals surface area contributed by atoms with E-state index in [4.69, 9.17) is 4.74 Å². The summed E-state index contributed by atoms with van der Waals surface area (Å²) in [5, 5.41) is 1.97. The predicted octanol–water partition coefficient (Wildman–Crippen LogP) is 3.14. The lowest BCUT2D eigenvalue weighted by Crippen LogP contribution is -2.31. The molecule has 0 spiro atoms. The van der Waals surface area contributed by atoms with Crippen molar-refractivity contribution in [3.05, 3.63) is 38.7 Å². The Kier molecular flexibility index (Phi) is 4.32. The van der Waals surface area contributed by atoms with Crippen LogP contribution in [0.5, 0.6) is 0 Å². The van der Waals surface area contributed by atoms with Crippen molar-refractivity contribution in [3.8, 4) is 0 Å². The second kappa shape index (κ2) is 5.85. The average molecular weight is 305 g/mol. The molecule has 5 heteroatoms. The molecule has 1 aliphatic rings. The zero-order chi connectivity index (χ0) is 15.7. The predicted molar refractivity (Wildman–Crippen MR) is 83.7 cm³/mol. The van der Waals surface area contributed by atoms with Crippen LogP contribution in [0.1, 0.15) is 31.2 Å². The van der Waals surface area contributed by atoms with Crippen molar-refractivity contribution in [2.75, 3.05) is 7.11 Å². The first-order valence-corrected chi connectivity index (χ1v) is 7.65. The number of allylic oxidation sites excluding steroid dienone is 1. The summed E-state index contributed by atoms with van der Waals surface area (Å²) in [6.45, 7) is 7.62. The lowest BCUT2D eigenvalue weighted by Gasteiger charge is -2.22. The molecule has 0 radical (unpaired) electrons. The van der Waals surface area contributed by atoms with Crippen molar-refractivity contribution in [3.63, 3.8) is 0 Å². The van der Waals surface area contributed by atoms with E-state index in [1.165, 1.54) is 7.11 Å². The van der Waals surface area contributed by atoms with E-state index < -0.39 is 5.97 Å². The van der Waals surface area contributed by atoms with Crippen LogP contribution in [-0.2, 0) is 14.3 Å². The van der Waals surface area contributed by atoms with Crippen LogP contribution in [0.3, 0.4) is 0 Å². The molecule has 0 atom stereocenters. The smallest absolute Gasteiger partial charge is 0.340 e. The highest BCUT2D eigenvalue weighted by Crippen LogP contribution is 2.34. The quantitative estimate of drug-likeness (QED) is 0.636. The molecule has 4 nitrogen and oxygen atoms in total. The molecule has 2 heterocycles. The van der Waals surface area contributed by atoms with E-state index in [2.05, 4.69) is 0 Å². The van der Waals surface area contributed by atoms with Crippen molar-refractivity contribution < 1.29 is 14.3 Å². The number of nitrogens with zero attached hydrogens (tertiary/aromatic N) is 1. The fraction of sp³-hybridized carbons (Fsp3) is 0.375. The van der Waals surface area contributed by atoms with Crippen LogP contribution in [0, 0.1) is 6.92 Å². The molecule has 21 heavy (non-hydrogen) atoms. The highest BCUT2D eigenvalue weighted by Gasteiger charge is 2.38.